The van der Waals surface area contributed by atoms with Crippen molar-refractivity contribution < 1.29 is 13.2 Å². The second-order valence-corrected chi connectivity index (χ2v) is 8.08. The van der Waals surface area contributed by atoms with Crippen molar-refractivity contribution in [2.75, 3.05) is 39.6 Å². The van der Waals surface area contributed by atoms with Gasteiger partial charge in [0.2, 0.25) is 10.0 Å². The van der Waals surface area contributed by atoms with Gasteiger partial charge in [0.15, 0.2) is 5.96 Å². The van der Waals surface area contributed by atoms with Gasteiger partial charge in [-0.25, -0.2) is 13.1 Å². The van der Waals surface area contributed by atoms with Crippen molar-refractivity contribution in [2.24, 2.45) is 16.8 Å². The third-order valence-corrected chi connectivity index (χ3v) is 5.13. The zero-order valence-electron chi connectivity index (χ0n) is 13.5. The highest BCUT2D eigenvalue weighted by Crippen LogP contribution is 2.44. The number of fused-ring (bicyclic) bond motifs is 2. The van der Waals surface area contributed by atoms with E-state index in [9.17, 15) is 8.42 Å². The average Bonchev–Trinajstić information content (AvgIpc) is 3.05. The molecule has 0 aromatic rings. The number of methoxy groups -OCH3 is 1. The second kappa shape index (κ2) is 8.12. The molecular formula is C14H28N4O3S. The lowest BCUT2D eigenvalue weighted by atomic mass is 9.95. The Bertz CT molecular complexity index is 480. The maximum atomic E-state index is 11.0. The lowest BCUT2D eigenvalue weighted by Gasteiger charge is -2.25. The SMILES string of the molecule is COCCNC(=NCCNS(C)(=O)=O)N[C@H]1C[C@H]2CC[C@H]1C2. The van der Waals surface area contributed by atoms with Crippen LogP contribution in [0.4, 0.5) is 0 Å². The maximum absolute atomic E-state index is 11.0. The molecule has 0 aliphatic heterocycles. The fraction of sp³-hybridized carbons (Fsp3) is 0.929. The quantitative estimate of drug-likeness (QED) is 0.328. The van der Waals surface area contributed by atoms with Crippen LogP contribution >= 0.6 is 0 Å². The summed E-state index contributed by atoms with van der Waals surface area (Å²) < 4.78 is 29.6. The monoisotopic (exact) mass is 332 g/mol. The molecule has 128 valence electrons. The molecule has 2 fully saturated rings. The first-order chi connectivity index (χ1) is 10.5. The summed E-state index contributed by atoms with van der Waals surface area (Å²) in [6, 6.07) is 0.496. The van der Waals surface area contributed by atoms with Crippen LogP contribution < -0.4 is 15.4 Å². The number of guanidine groups is 1. The van der Waals surface area contributed by atoms with Gasteiger partial charge in [0.05, 0.1) is 19.4 Å². The Kier molecular flexibility index (Phi) is 6.46. The third-order valence-electron chi connectivity index (χ3n) is 4.40. The van der Waals surface area contributed by atoms with Crippen molar-refractivity contribution in [3.63, 3.8) is 0 Å². The molecular weight excluding hydrogens is 304 g/mol. The van der Waals surface area contributed by atoms with Crippen LogP contribution in [-0.2, 0) is 14.8 Å². The van der Waals surface area contributed by atoms with Crippen molar-refractivity contribution >= 4 is 16.0 Å². The van der Waals surface area contributed by atoms with Crippen LogP contribution in [0.2, 0.25) is 0 Å². The normalized spacial score (nSPS) is 28.1. The highest BCUT2D eigenvalue weighted by molar-refractivity contribution is 7.88. The van der Waals surface area contributed by atoms with Crippen molar-refractivity contribution in [3.8, 4) is 0 Å². The predicted octanol–water partition coefficient (Wildman–Crippen LogP) is -0.0942. The van der Waals surface area contributed by atoms with Gasteiger partial charge < -0.3 is 15.4 Å². The molecule has 0 unspecified atom stereocenters. The fourth-order valence-electron chi connectivity index (χ4n) is 3.42. The van der Waals surface area contributed by atoms with Gasteiger partial charge in [0.25, 0.3) is 0 Å². The number of nitrogens with one attached hydrogen (secondary N) is 3. The number of nitrogens with zero attached hydrogens (tertiary/aromatic N) is 1. The summed E-state index contributed by atoms with van der Waals surface area (Å²) in [5.41, 5.74) is 0. The molecule has 0 spiro atoms. The molecule has 2 aliphatic carbocycles. The van der Waals surface area contributed by atoms with Crippen LogP contribution in [0.3, 0.4) is 0 Å². The average molecular weight is 332 g/mol. The number of sulfonamides is 1. The Morgan fingerprint density at radius 1 is 1.27 bits per heavy atom. The molecule has 0 aromatic heterocycles. The molecule has 0 saturated heterocycles. The zero-order chi connectivity index (χ0) is 16.0. The maximum Gasteiger partial charge on any atom is 0.208 e. The molecule has 0 aromatic carbocycles. The number of hydrogen-bond acceptors (Lipinski definition) is 4. The lowest BCUT2D eigenvalue weighted by Crippen LogP contribution is -2.46. The molecule has 3 atom stereocenters. The summed E-state index contributed by atoms with van der Waals surface area (Å²) in [5, 5.41) is 6.75. The van der Waals surface area contributed by atoms with Gasteiger partial charge in [-0.3, -0.25) is 4.99 Å². The van der Waals surface area contributed by atoms with E-state index in [4.69, 9.17) is 4.74 Å². The van der Waals surface area contributed by atoms with Crippen LogP contribution in [0, 0.1) is 11.8 Å². The van der Waals surface area contributed by atoms with E-state index in [1.165, 1.54) is 25.7 Å². The lowest BCUT2D eigenvalue weighted by molar-refractivity contribution is 0.203. The molecule has 7 nitrogen and oxygen atoms in total. The van der Waals surface area contributed by atoms with E-state index in [0.29, 0.717) is 32.3 Å². The van der Waals surface area contributed by atoms with Crippen molar-refractivity contribution in [2.45, 2.75) is 31.7 Å². The predicted molar refractivity (Wildman–Crippen MR) is 87.4 cm³/mol. The molecule has 2 bridgehead atoms. The number of aliphatic imine (C=N–C) groups is 1. The van der Waals surface area contributed by atoms with Gasteiger partial charge >= 0.3 is 0 Å². The molecule has 22 heavy (non-hydrogen) atoms. The summed E-state index contributed by atoms with van der Waals surface area (Å²) in [7, 11) is -1.49. The second-order valence-electron chi connectivity index (χ2n) is 6.24. The topological polar surface area (TPSA) is 91.8 Å². The molecule has 2 saturated carbocycles. The summed E-state index contributed by atoms with van der Waals surface area (Å²) in [6.45, 7) is 2.02. The van der Waals surface area contributed by atoms with E-state index in [2.05, 4.69) is 20.3 Å². The number of rotatable bonds is 8. The molecule has 0 amide bonds. The van der Waals surface area contributed by atoms with Crippen molar-refractivity contribution in [3.05, 3.63) is 0 Å². The minimum absolute atomic E-state index is 0.312. The Labute approximate surface area is 133 Å². The van der Waals surface area contributed by atoms with Crippen LogP contribution in [0.5, 0.6) is 0 Å². The van der Waals surface area contributed by atoms with Crippen LogP contribution in [0.25, 0.3) is 0 Å². The smallest absolute Gasteiger partial charge is 0.208 e. The van der Waals surface area contributed by atoms with E-state index >= 15 is 0 Å². The summed E-state index contributed by atoms with van der Waals surface area (Å²) in [4.78, 5) is 4.46. The van der Waals surface area contributed by atoms with Gasteiger partial charge in [-0.1, -0.05) is 6.42 Å². The van der Waals surface area contributed by atoms with Crippen LogP contribution in [0.15, 0.2) is 4.99 Å². The first-order valence-corrected chi connectivity index (χ1v) is 9.85. The van der Waals surface area contributed by atoms with E-state index < -0.39 is 10.0 Å². The van der Waals surface area contributed by atoms with Crippen LogP contribution in [-0.4, -0.2) is 60.0 Å². The number of ether oxygens (including phenoxy) is 1. The first-order valence-electron chi connectivity index (χ1n) is 7.96. The van der Waals surface area contributed by atoms with E-state index in [1.807, 2.05) is 0 Å². The van der Waals surface area contributed by atoms with Gasteiger partial charge in [-0.05, 0) is 31.1 Å². The van der Waals surface area contributed by atoms with Crippen molar-refractivity contribution in [1.29, 1.82) is 0 Å². The molecule has 2 aliphatic rings. The Morgan fingerprint density at radius 3 is 2.68 bits per heavy atom. The fourth-order valence-corrected chi connectivity index (χ4v) is 3.88. The molecule has 2 rings (SSSR count). The Hall–Kier alpha value is -0.860. The highest BCUT2D eigenvalue weighted by Gasteiger charge is 2.39. The van der Waals surface area contributed by atoms with E-state index in [1.54, 1.807) is 7.11 Å². The van der Waals surface area contributed by atoms with Gasteiger partial charge in [0.1, 0.15) is 0 Å². The van der Waals surface area contributed by atoms with Gasteiger partial charge in [-0.15, -0.1) is 0 Å². The van der Waals surface area contributed by atoms with E-state index in [-0.39, 0.29) is 0 Å². The van der Waals surface area contributed by atoms with E-state index in [0.717, 1.165) is 24.1 Å². The standard InChI is InChI=1S/C14H28N4O3S/c1-21-8-7-16-14(15-5-6-17-22(2,19)20)18-13-10-11-3-4-12(13)9-11/h11-13,17H,3-10H2,1-2H3,(H2,15,16,18)/t11-,12-,13-/m0/s1. The Morgan fingerprint density at radius 2 is 2.09 bits per heavy atom. The largest absolute Gasteiger partial charge is 0.383 e. The van der Waals surface area contributed by atoms with Gasteiger partial charge in [0, 0.05) is 26.2 Å². The molecule has 3 N–H and O–H groups in total. The third kappa shape index (κ3) is 5.73. The zero-order valence-corrected chi connectivity index (χ0v) is 14.3. The van der Waals surface area contributed by atoms with Crippen LogP contribution in [0.1, 0.15) is 25.7 Å². The Balaban J connectivity index is 1.82. The molecule has 0 radical (unpaired) electrons. The summed E-state index contributed by atoms with van der Waals surface area (Å²) >= 11 is 0. The highest BCUT2D eigenvalue weighted by atomic mass is 32.2. The minimum Gasteiger partial charge on any atom is -0.383 e. The van der Waals surface area contributed by atoms with Gasteiger partial charge in [-0.2, -0.15) is 0 Å². The molecule has 8 heteroatoms. The molecule has 0 heterocycles. The number of hydrogen-bond donors (Lipinski definition) is 3. The summed E-state index contributed by atoms with van der Waals surface area (Å²) in [6.07, 6.45) is 6.38. The minimum atomic E-state index is -3.15. The van der Waals surface area contributed by atoms with Crippen molar-refractivity contribution in [1.82, 2.24) is 15.4 Å². The first kappa shape index (κ1) is 17.5. The summed E-state index contributed by atoms with van der Waals surface area (Å²) in [5.74, 6) is 2.38.